The molecule has 0 saturated heterocycles. The number of nitrogens with zero attached hydrogens (tertiary/aromatic N) is 2. The van der Waals surface area contributed by atoms with Crippen LogP contribution in [0.1, 0.15) is 43.3 Å². The summed E-state index contributed by atoms with van der Waals surface area (Å²) in [6, 6.07) is 15.0. The van der Waals surface area contributed by atoms with Crippen molar-refractivity contribution in [2.75, 3.05) is 18.1 Å². The van der Waals surface area contributed by atoms with Crippen LogP contribution in [0.2, 0.25) is 5.02 Å². The molecule has 1 amide bonds. The third kappa shape index (κ3) is 4.94. The number of esters is 1. The maximum atomic E-state index is 13.8. The van der Waals surface area contributed by atoms with E-state index in [1.54, 1.807) is 24.8 Å². The summed E-state index contributed by atoms with van der Waals surface area (Å²) in [6.07, 6.45) is 1.78. The van der Waals surface area contributed by atoms with Crippen LogP contribution in [0.25, 0.3) is 11.8 Å². The molecule has 192 valence electrons. The zero-order valence-electron chi connectivity index (χ0n) is 22.0. The monoisotopic (exact) mass is 518 g/mol. The number of ether oxygens (including phenoxy) is 2. The van der Waals surface area contributed by atoms with E-state index in [1.807, 2.05) is 76.2 Å². The highest BCUT2D eigenvalue weighted by atomic mass is 35.5. The fraction of sp³-hybridized carbons (Fsp3) is 0.267. The Bertz CT molecular complexity index is 1430. The van der Waals surface area contributed by atoms with E-state index in [1.165, 1.54) is 0 Å². The predicted molar refractivity (Wildman–Crippen MR) is 147 cm³/mol. The topological polar surface area (TPSA) is 60.8 Å². The summed E-state index contributed by atoms with van der Waals surface area (Å²) in [5.74, 6) is -0.0920. The number of amides is 1. The molecule has 0 aliphatic carbocycles. The summed E-state index contributed by atoms with van der Waals surface area (Å²) in [5, 5.41) is 0.646. The minimum atomic E-state index is -0.521. The number of allylic oxidation sites excluding steroid dienone is 1. The molecular formula is C30H31ClN2O4. The van der Waals surface area contributed by atoms with Crippen LogP contribution in [0.4, 0.5) is 5.69 Å². The molecule has 37 heavy (non-hydrogen) atoms. The van der Waals surface area contributed by atoms with Crippen LogP contribution in [0.15, 0.2) is 65.4 Å². The number of anilines is 1. The van der Waals surface area contributed by atoms with Gasteiger partial charge < -0.3 is 14.0 Å². The van der Waals surface area contributed by atoms with Gasteiger partial charge in [0.2, 0.25) is 0 Å². The molecule has 3 aromatic rings. The predicted octanol–water partition coefficient (Wildman–Crippen LogP) is 6.72. The molecule has 0 radical (unpaired) electrons. The minimum absolute atomic E-state index is 0.211. The van der Waals surface area contributed by atoms with Crippen LogP contribution >= 0.6 is 11.6 Å². The first kappa shape index (κ1) is 26.3. The highest BCUT2D eigenvalue weighted by molar-refractivity contribution is 6.30. The smallest absolute Gasteiger partial charge is 0.340 e. The summed E-state index contributed by atoms with van der Waals surface area (Å²) in [4.78, 5) is 28.4. The van der Waals surface area contributed by atoms with Gasteiger partial charge in [-0.3, -0.25) is 9.69 Å². The molecule has 0 saturated carbocycles. The number of hydrogen-bond acceptors (Lipinski definition) is 4. The molecule has 2 heterocycles. The van der Waals surface area contributed by atoms with E-state index < -0.39 is 5.97 Å². The van der Waals surface area contributed by atoms with E-state index in [2.05, 4.69) is 4.57 Å². The zero-order valence-corrected chi connectivity index (χ0v) is 22.8. The first-order chi connectivity index (χ1) is 17.7. The number of benzene rings is 2. The first-order valence-electron chi connectivity index (χ1n) is 12.3. The Morgan fingerprint density at radius 1 is 0.973 bits per heavy atom. The number of rotatable bonds is 7. The molecule has 0 atom stereocenters. The van der Waals surface area contributed by atoms with Crippen LogP contribution in [0, 0.1) is 20.8 Å². The third-order valence-corrected chi connectivity index (χ3v) is 6.70. The molecule has 1 aliphatic heterocycles. The Morgan fingerprint density at radius 2 is 1.68 bits per heavy atom. The van der Waals surface area contributed by atoms with Crippen molar-refractivity contribution in [3.63, 3.8) is 0 Å². The maximum Gasteiger partial charge on any atom is 0.340 e. The summed E-state index contributed by atoms with van der Waals surface area (Å²) >= 11 is 6.30. The van der Waals surface area contributed by atoms with Crippen molar-refractivity contribution in [3.8, 4) is 11.4 Å². The highest BCUT2D eigenvalue weighted by Gasteiger charge is 2.38. The number of halogens is 1. The van der Waals surface area contributed by atoms with Gasteiger partial charge in [-0.1, -0.05) is 17.7 Å². The molecule has 0 fully saturated rings. The van der Waals surface area contributed by atoms with Crippen molar-refractivity contribution in [1.82, 2.24) is 4.57 Å². The van der Waals surface area contributed by atoms with Crippen LogP contribution in [-0.4, -0.2) is 29.7 Å². The van der Waals surface area contributed by atoms with Crippen LogP contribution in [-0.2, 0) is 14.3 Å². The minimum Gasteiger partial charge on any atom is -0.494 e. The number of aromatic nitrogens is 1. The van der Waals surface area contributed by atoms with E-state index >= 15 is 0 Å². The van der Waals surface area contributed by atoms with E-state index in [4.69, 9.17) is 21.1 Å². The Morgan fingerprint density at radius 3 is 2.32 bits per heavy atom. The number of carbonyl (C=O) groups excluding carboxylic acids is 2. The van der Waals surface area contributed by atoms with Gasteiger partial charge >= 0.3 is 5.97 Å². The van der Waals surface area contributed by atoms with E-state index in [9.17, 15) is 9.59 Å². The fourth-order valence-corrected chi connectivity index (χ4v) is 4.90. The molecule has 1 aromatic heterocycles. The van der Waals surface area contributed by atoms with Crippen molar-refractivity contribution in [2.24, 2.45) is 0 Å². The lowest BCUT2D eigenvalue weighted by Crippen LogP contribution is -2.24. The first-order valence-corrected chi connectivity index (χ1v) is 12.7. The Kier molecular flexibility index (Phi) is 7.60. The largest absolute Gasteiger partial charge is 0.494 e. The second-order valence-corrected chi connectivity index (χ2v) is 9.34. The molecule has 0 spiro atoms. The molecule has 0 unspecified atom stereocenters. The van der Waals surface area contributed by atoms with E-state index in [-0.39, 0.29) is 18.1 Å². The molecule has 7 heteroatoms. The average molecular weight is 519 g/mol. The van der Waals surface area contributed by atoms with Gasteiger partial charge in [0.15, 0.2) is 0 Å². The van der Waals surface area contributed by atoms with Gasteiger partial charge in [0.25, 0.3) is 5.91 Å². The van der Waals surface area contributed by atoms with Gasteiger partial charge in [-0.05, 0) is 101 Å². The number of aryl methyl sites for hydroxylation is 2. The van der Waals surface area contributed by atoms with Crippen molar-refractivity contribution in [2.45, 2.75) is 41.5 Å². The van der Waals surface area contributed by atoms with Gasteiger partial charge in [0, 0.05) is 33.5 Å². The maximum absolute atomic E-state index is 13.8. The molecule has 4 rings (SSSR count). The van der Waals surface area contributed by atoms with Crippen molar-refractivity contribution in [1.29, 1.82) is 0 Å². The van der Waals surface area contributed by atoms with E-state index in [0.29, 0.717) is 34.3 Å². The zero-order chi connectivity index (χ0) is 26.9. The highest BCUT2D eigenvalue weighted by Crippen LogP contribution is 2.37. The van der Waals surface area contributed by atoms with Gasteiger partial charge in [-0.2, -0.15) is 0 Å². The third-order valence-electron chi connectivity index (χ3n) is 6.47. The van der Waals surface area contributed by atoms with Crippen LogP contribution in [0.5, 0.6) is 5.75 Å². The second kappa shape index (κ2) is 10.7. The van der Waals surface area contributed by atoms with Gasteiger partial charge in [-0.15, -0.1) is 0 Å². The molecular weight excluding hydrogens is 488 g/mol. The van der Waals surface area contributed by atoms with Gasteiger partial charge in [0.1, 0.15) is 5.75 Å². The molecule has 6 nitrogen and oxygen atoms in total. The normalized spacial score (nSPS) is 14.6. The van der Waals surface area contributed by atoms with Crippen molar-refractivity contribution >= 4 is 35.2 Å². The lowest BCUT2D eigenvalue weighted by Gasteiger charge is -2.18. The van der Waals surface area contributed by atoms with Crippen LogP contribution < -0.4 is 9.64 Å². The standard InChI is InChI=1S/C30H31ClN2O4/c1-7-36-25-13-11-24(12-14-25)33-21(6)28(30(35)37-8-2)26(29(33)34)16-22-15-19(4)32(20(22)5)27-17-23(31)10-9-18(27)3/h9-17H,7-8H2,1-6H3/b26-16-. The Hall–Kier alpha value is -3.77. The Labute approximate surface area is 222 Å². The molecule has 0 bridgehead atoms. The average Bonchev–Trinajstić information content (AvgIpc) is 3.27. The fourth-order valence-electron chi connectivity index (χ4n) is 4.73. The van der Waals surface area contributed by atoms with Crippen molar-refractivity contribution in [3.05, 3.63) is 92.9 Å². The summed E-state index contributed by atoms with van der Waals surface area (Å²) in [7, 11) is 0. The lowest BCUT2D eigenvalue weighted by molar-refractivity contribution is -0.138. The SMILES string of the molecule is CCOC(=O)C1=C(C)N(c2ccc(OCC)cc2)C(=O)/C1=C\c1cc(C)n(-c2cc(Cl)ccc2C)c1C. The summed E-state index contributed by atoms with van der Waals surface area (Å²) in [5.41, 5.74) is 6.55. The summed E-state index contributed by atoms with van der Waals surface area (Å²) < 4.78 is 13.0. The number of carbonyl (C=O) groups is 2. The van der Waals surface area contributed by atoms with Gasteiger partial charge in [0.05, 0.1) is 24.4 Å². The molecule has 2 aromatic carbocycles. The summed E-state index contributed by atoms with van der Waals surface area (Å²) in [6.45, 7) is 12.2. The number of hydrogen-bond donors (Lipinski definition) is 0. The van der Waals surface area contributed by atoms with Gasteiger partial charge in [-0.25, -0.2) is 4.79 Å². The Balaban J connectivity index is 1.83. The van der Waals surface area contributed by atoms with Crippen LogP contribution in [0.3, 0.4) is 0 Å². The molecule has 0 N–H and O–H groups in total. The van der Waals surface area contributed by atoms with E-state index in [0.717, 1.165) is 28.2 Å². The van der Waals surface area contributed by atoms with Crippen molar-refractivity contribution < 1.29 is 19.1 Å². The lowest BCUT2D eigenvalue weighted by atomic mass is 10.0. The molecule has 1 aliphatic rings. The quantitative estimate of drug-likeness (QED) is 0.257. The second-order valence-electron chi connectivity index (χ2n) is 8.90.